The van der Waals surface area contributed by atoms with Gasteiger partial charge < -0.3 is 5.32 Å². The predicted molar refractivity (Wildman–Crippen MR) is 99.1 cm³/mol. The largest absolute Gasteiger partial charge is 0.322 e. The second kappa shape index (κ2) is 7.22. The molecule has 0 spiro atoms. The minimum Gasteiger partial charge on any atom is -0.322 e. The maximum absolute atomic E-state index is 12.3. The number of carbonyl (C=O) groups excluding carboxylic acids is 1. The molecule has 0 bridgehead atoms. The minimum atomic E-state index is -0.286. The Hall–Kier alpha value is -2.07. The van der Waals surface area contributed by atoms with E-state index in [1.165, 1.54) is 6.20 Å². The Balaban J connectivity index is 1.79. The first kappa shape index (κ1) is 16.8. The zero-order valence-corrected chi connectivity index (χ0v) is 14.5. The molecule has 2 aromatic carbocycles. The van der Waals surface area contributed by atoms with Gasteiger partial charge in [0.1, 0.15) is 0 Å². The molecule has 1 heterocycles. The number of nitrogens with zero attached hydrogens (tertiary/aromatic N) is 1. The molecule has 3 rings (SSSR count). The summed E-state index contributed by atoms with van der Waals surface area (Å²) in [5.74, 6) is -0.286. The van der Waals surface area contributed by atoms with E-state index >= 15 is 0 Å². The Morgan fingerprint density at radius 1 is 0.875 bits per heavy atom. The molecular formula is C18H11Cl3N2O. The Morgan fingerprint density at radius 2 is 1.67 bits per heavy atom. The van der Waals surface area contributed by atoms with Crippen molar-refractivity contribution in [1.29, 1.82) is 0 Å². The van der Waals surface area contributed by atoms with E-state index in [9.17, 15) is 4.79 Å². The summed E-state index contributed by atoms with van der Waals surface area (Å²) >= 11 is 17.9. The van der Waals surface area contributed by atoms with Crippen LogP contribution >= 0.6 is 34.8 Å². The molecule has 0 radical (unpaired) electrons. The number of benzene rings is 2. The van der Waals surface area contributed by atoms with Gasteiger partial charge in [0, 0.05) is 22.5 Å². The van der Waals surface area contributed by atoms with Gasteiger partial charge in [0.05, 0.1) is 21.3 Å². The molecule has 1 amide bonds. The third-order valence-electron chi connectivity index (χ3n) is 3.35. The van der Waals surface area contributed by atoms with Gasteiger partial charge in [-0.15, -0.1) is 0 Å². The quantitative estimate of drug-likeness (QED) is 0.612. The fourth-order valence-corrected chi connectivity index (χ4v) is 2.66. The third-order valence-corrected chi connectivity index (χ3v) is 4.42. The van der Waals surface area contributed by atoms with Crippen LogP contribution in [-0.2, 0) is 0 Å². The number of hydrogen-bond acceptors (Lipinski definition) is 2. The smallest absolute Gasteiger partial charge is 0.257 e. The van der Waals surface area contributed by atoms with Crippen molar-refractivity contribution in [1.82, 2.24) is 4.98 Å². The van der Waals surface area contributed by atoms with Gasteiger partial charge in [-0.2, -0.15) is 0 Å². The Bertz CT molecular complexity index is 895. The Morgan fingerprint density at radius 3 is 2.33 bits per heavy atom. The Labute approximate surface area is 154 Å². The fraction of sp³-hybridized carbons (Fsp3) is 0. The molecule has 0 unspecified atom stereocenters. The first-order chi connectivity index (χ1) is 11.5. The highest BCUT2D eigenvalue weighted by molar-refractivity contribution is 6.42. The summed E-state index contributed by atoms with van der Waals surface area (Å²) in [7, 11) is 0. The first-order valence-corrected chi connectivity index (χ1v) is 8.15. The summed E-state index contributed by atoms with van der Waals surface area (Å²) in [4.78, 5) is 16.6. The number of nitrogens with one attached hydrogen (secondary N) is 1. The molecule has 1 aromatic heterocycles. The lowest BCUT2D eigenvalue weighted by Crippen LogP contribution is -2.12. The molecule has 0 aliphatic carbocycles. The van der Waals surface area contributed by atoms with E-state index in [0.717, 1.165) is 5.56 Å². The summed E-state index contributed by atoms with van der Waals surface area (Å²) in [6.45, 7) is 0. The maximum Gasteiger partial charge on any atom is 0.257 e. The molecular weight excluding hydrogens is 367 g/mol. The molecule has 0 atom stereocenters. The van der Waals surface area contributed by atoms with Crippen LogP contribution in [-0.4, -0.2) is 10.9 Å². The SMILES string of the molecule is O=C(Nc1ccc(Cl)c(Cl)c1)c1ccc(-c2ccccc2Cl)nc1. The number of anilines is 1. The number of carbonyl (C=O) groups is 1. The van der Waals surface area contributed by atoms with E-state index in [4.69, 9.17) is 34.8 Å². The monoisotopic (exact) mass is 376 g/mol. The van der Waals surface area contributed by atoms with E-state index in [-0.39, 0.29) is 5.91 Å². The molecule has 0 saturated heterocycles. The summed E-state index contributed by atoms with van der Waals surface area (Å²) in [5, 5.41) is 4.17. The van der Waals surface area contributed by atoms with Crippen molar-refractivity contribution in [3.05, 3.63) is 81.4 Å². The number of hydrogen-bond donors (Lipinski definition) is 1. The number of rotatable bonds is 3. The van der Waals surface area contributed by atoms with Crippen LogP contribution in [0.5, 0.6) is 0 Å². The topological polar surface area (TPSA) is 42.0 Å². The van der Waals surface area contributed by atoms with Crippen LogP contribution < -0.4 is 5.32 Å². The number of halogens is 3. The van der Waals surface area contributed by atoms with Crippen LogP contribution in [0.4, 0.5) is 5.69 Å². The van der Waals surface area contributed by atoms with Crippen molar-refractivity contribution in [2.75, 3.05) is 5.32 Å². The van der Waals surface area contributed by atoms with E-state index in [1.54, 1.807) is 36.4 Å². The Kier molecular flexibility index (Phi) is 5.05. The average Bonchev–Trinajstić information content (AvgIpc) is 2.59. The van der Waals surface area contributed by atoms with E-state index in [2.05, 4.69) is 10.3 Å². The van der Waals surface area contributed by atoms with Crippen molar-refractivity contribution >= 4 is 46.4 Å². The van der Waals surface area contributed by atoms with E-state index in [0.29, 0.717) is 32.0 Å². The molecule has 3 nitrogen and oxygen atoms in total. The number of aromatic nitrogens is 1. The van der Waals surface area contributed by atoms with Gasteiger partial charge in [0.25, 0.3) is 5.91 Å². The summed E-state index contributed by atoms with van der Waals surface area (Å²) in [6.07, 6.45) is 1.51. The van der Waals surface area contributed by atoms with Gasteiger partial charge in [-0.25, -0.2) is 0 Å². The summed E-state index contributed by atoms with van der Waals surface area (Å²) in [5.41, 5.74) is 2.50. The zero-order valence-electron chi connectivity index (χ0n) is 12.3. The van der Waals surface area contributed by atoms with Gasteiger partial charge in [0.15, 0.2) is 0 Å². The first-order valence-electron chi connectivity index (χ1n) is 7.02. The van der Waals surface area contributed by atoms with Crippen LogP contribution in [0.2, 0.25) is 15.1 Å². The van der Waals surface area contributed by atoms with Crippen molar-refractivity contribution in [3.63, 3.8) is 0 Å². The maximum atomic E-state index is 12.3. The second-order valence-corrected chi connectivity index (χ2v) is 6.22. The van der Waals surface area contributed by atoms with Gasteiger partial charge >= 0.3 is 0 Å². The lowest BCUT2D eigenvalue weighted by Gasteiger charge is -2.07. The molecule has 24 heavy (non-hydrogen) atoms. The van der Waals surface area contributed by atoms with Crippen LogP contribution in [0.3, 0.4) is 0 Å². The molecule has 3 aromatic rings. The van der Waals surface area contributed by atoms with Crippen LogP contribution in [0.25, 0.3) is 11.3 Å². The molecule has 0 aliphatic rings. The standard InChI is InChI=1S/C18H11Cl3N2O/c19-14-4-2-1-3-13(14)17-8-5-11(10-22-17)18(24)23-12-6-7-15(20)16(21)9-12/h1-10H,(H,23,24). The van der Waals surface area contributed by atoms with Gasteiger partial charge in [-0.05, 0) is 36.4 Å². The zero-order chi connectivity index (χ0) is 17.1. The van der Waals surface area contributed by atoms with Crippen molar-refractivity contribution in [3.8, 4) is 11.3 Å². The van der Waals surface area contributed by atoms with Gasteiger partial charge in [-0.1, -0.05) is 53.0 Å². The van der Waals surface area contributed by atoms with Crippen LogP contribution in [0, 0.1) is 0 Å². The summed E-state index contributed by atoms with van der Waals surface area (Å²) < 4.78 is 0. The molecule has 0 aliphatic heterocycles. The average molecular weight is 378 g/mol. The second-order valence-electron chi connectivity index (χ2n) is 4.99. The third kappa shape index (κ3) is 3.70. The van der Waals surface area contributed by atoms with Gasteiger partial charge in [0.2, 0.25) is 0 Å². The van der Waals surface area contributed by atoms with Crippen molar-refractivity contribution < 1.29 is 4.79 Å². The lowest BCUT2D eigenvalue weighted by molar-refractivity contribution is 0.102. The highest BCUT2D eigenvalue weighted by Crippen LogP contribution is 2.27. The number of amides is 1. The summed E-state index contributed by atoms with van der Waals surface area (Å²) in [6, 6.07) is 15.7. The fourth-order valence-electron chi connectivity index (χ4n) is 2.13. The van der Waals surface area contributed by atoms with Crippen LogP contribution in [0.15, 0.2) is 60.8 Å². The molecule has 6 heteroatoms. The lowest BCUT2D eigenvalue weighted by atomic mass is 10.1. The van der Waals surface area contributed by atoms with Crippen molar-refractivity contribution in [2.24, 2.45) is 0 Å². The molecule has 0 fully saturated rings. The van der Waals surface area contributed by atoms with E-state index < -0.39 is 0 Å². The minimum absolute atomic E-state index is 0.286. The highest BCUT2D eigenvalue weighted by atomic mass is 35.5. The molecule has 1 N–H and O–H groups in total. The molecule has 120 valence electrons. The van der Waals surface area contributed by atoms with Gasteiger partial charge in [-0.3, -0.25) is 9.78 Å². The highest BCUT2D eigenvalue weighted by Gasteiger charge is 2.10. The van der Waals surface area contributed by atoms with Crippen LogP contribution in [0.1, 0.15) is 10.4 Å². The molecule has 0 saturated carbocycles. The number of pyridine rings is 1. The van der Waals surface area contributed by atoms with E-state index in [1.807, 2.05) is 18.2 Å². The normalized spacial score (nSPS) is 10.5. The predicted octanol–water partition coefficient (Wildman–Crippen LogP) is 5.96. The van der Waals surface area contributed by atoms with Crippen molar-refractivity contribution in [2.45, 2.75) is 0 Å².